The first-order valence-electron chi connectivity index (χ1n) is 2.91. The van der Waals surface area contributed by atoms with Crippen molar-refractivity contribution in [3.63, 3.8) is 0 Å². The van der Waals surface area contributed by atoms with Gasteiger partial charge in [0.15, 0.2) is 0 Å². The summed E-state index contributed by atoms with van der Waals surface area (Å²) in [6.07, 6.45) is 2.64. The number of nitrogens with two attached hydrogens (primary N) is 1. The lowest BCUT2D eigenvalue weighted by atomic mass is 10.4. The van der Waals surface area contributed by atoms with Crippen molar-refractivity contribution >= 4 is 43.1 Å². The smallest absolute Gasteiger partial charge is 0.214 e. The van der Waals surface area contributed by atoms with E-state index in [9.17, 15) is 4.79 Å². The van der Waals surface area contributed by atoms with Crippen LogP contribution in [0.25, 0.3) is 0 Å². The van der Waals surface area contributed by atoms with Gasteiger partial charge in [0.25, 0.3) is 0 Å². The van der Waals surface area contributed by atoms with E-state index in [1.165, 1.54) is 19.8 Å². The molecule has 0 radical (unpaired) electrons. The molecule has 0 rings (SSSR count). The lowest BCUT2D eigenvalue weighted by molar-refractivity contribution is -0.115. The molecule has 0 bridgehead atoms. The zero-order chi connectivity index (χ0) is 6.99. The van der Waals surface area contributed by atoms with E-state index < -0.39 is 0 Å². The van der Waals surface area contributed by atoms with E-state index in [4.69, 9.17) is 0 Å². The van der Waals surface area contributed by atoms with Gasteiger partial charge >= 0.3 is 0 Å². The zero-order valence-corrected chi connectivity index (χ0v) is 9.57. The van der Waals surface area contributed by atoms with E-state index in [2.05, 4.69) is 19.6 Å². The largest absolute Gasteiger partial charge is 0.370 e. The Balaban J connectivity index is -0.0000000171. The predicted octanol–water partition coefficient (Wildman–Crippen LogP) is 2.56. The molecule has 2 nitrogen and oxygen atoms in total. The molecular formula is C6H18Cl3NO. The SMILES string of the molecule is CC(N)=O.CCCC.Cl.Cl.Cl. The first-order valence-corrected chi connectivity index (χ1v) is 2.91. The van der Waals surface area contributed by atoms with Crippen LogP contribution in [-0.4, -0.2) is 5.91 Å². The number of hydrogen-bond donors (Lipinski definition) is 1. The van der Waals surface area contributed by atoms with Crippen molar-refractivity contribution in [3.8, 4) is 0 Å². The molecule has 0 aromatic rings. The lowest BCUT2D eigenvalue weighted by Gasteiger charge is -1.68. The molecule has 0 aromatic carbocycles. The van der Waals surface area contributed by atoms with E-state index in [1.54, 1.807) is 0 Å². The summed E-state index contributed by atoms with van der Waals surface area (Å²) in [7, 11) is 0. The summed E-state index contributed by atoms with van der Waals surface area (Å²) in [6.45, 7) is 5.67. The number of carbonyl (C=O) groups is 1. The van der Waals surface area contributed by atoms with Gasteiger partial charge in [-0.25, -0.2) is 0 Å². The fourth-order valence-electron chi connectivity index (χ4n) is 0. The molecule has 0 unspecified atom stereocenters. The van der Waals surface area contributed by atoms with Gasteiger partial charge in [0.2, 0.25) is 5.91 Å². The van der Waals surface area contributed by atoms with Crippen molar-refractivity contribution < 1.29 is 4.79 Å². The Bertz CT molecular complexity index is 55.8. The summed E-state index contributed by atoms with van der Waals surface area (Å²) in [6, 6.07) is 0. The van der Waals surface area contributed by atoms with E-state index in [0.29, 0.717) is 0 Å². The third-order valence-electron chi connectivity index (χ3n) is 0.500. The molecule has 0 heterocycles. The Kier molecular flexibility index (Phi) is 86.7. The van der Waals surface area contributed by atoms with Crippen molar-refractivity contribution in [1.29, 1.82) is 0 Å². The van der Waals surface area contributed by atoms with Gasteiger partial charge in [-0.2, -0.15) is 0 Å². The second-order valence-corrected chi connectivity index (χ2v) is 1.61. The summed E-state index contributed by atoms with van der Waals surface area (Å²) in [5.41, 5.74) is 4.47. The lowest BCUT2D eigenvalue weighted by Crippen LogP contribution is -2.01. The van der Waals surface area contributed by atoms with E-state index in [1.807, 2.05) is 0 Å². The van der Waals surface area contributed by atoms with Crippen LogP contribution in [0.3, 0.4) is 0 Å². The summed E-state index contributed by atoms with van der Waals surface area (Å²) in [5.74, 6) is -0.333. The number of primary amides is 1. The second kappa shape index (κ2) is 31.6. The number of carbonyl (C=O) groups excluding carboxylic acids is 1. The molecule has 2 N–H and O–H groups in total. The van der Waals surface area contributed by atoms with Crippen LogP contribution in [0.15, 0.2) is 0 Å². The number of rotatable bonds is 1. The molecule has 0 saturated heterocycles. The average Bonchev–Trinajstić information content (AvgIpc) is 1.65. The molecule has 0 aromatic heterocycles. The van der Waals surface area contributed by atoms with Crippen molar-refractivity contribution in [2.75, 3.05) is 0 Å². The molecule has 11 heavy (non-hydrogen) atoms. The quantitative estimate of drug-likeness (QED) is 0.734. The maximum absolute atomic E-state index is 9.22. The minimum absolute atomic E-state index is 0. The van der Waals surface area contributed by atoms with Crippen LogP contribution in [0.1, 0.15) is 33.6 Å². The van der Waals surface area contributed by atoms with Crippen molar-refractivity contribution in [3.05, 3.63) is 0 Å². The minimum Gasteiger partial charge on any atom is -0.370 e. The Morgan fingerprint density at radius 2 is 1.18 bits per heavy atom. The Morgan fingerprint density at radius 1 is 1.09 bits per heavy atom. The highest BCUT2D eigenvalue weighted by atomic mass is 35.5. The van der Waals surface area contributed by atoms with Crippen LogP contribution in [-0.2, 0) is 4.79 Å². The highest BCUT2D eigenvalue weighted by Gasteiger charge is 1.61. The second-order valence-electron chi connectivity index (χ2n) is 1.61. The van der Waals surface area contributed by atoms with Crippen LogP contribution in [0.2, 0.25) is 0 Å². The number of halogens is 3. The van der Waals surface area contributed by atoms with Gasteiger partial charge < -0.3 is 5.73 Å². The van der Waals surface area contributed by atoms with Gasteiger partial charge in [-0.1, -0.05) is 26.7 Å². The Morgan fingerprint density at radius 3 is 1.18 bits per heavy atom. The number of unbranched alkanes of at least 4 members (excludes halogenated alkanes) is 1. The summed E-state index contributed by atoms with van der Waals surface area (Å²) in [5, 5.41) is 0. The minimum atomic E-state index is -0.333. The topological polar surface area (TPSA) is 43.1 Å². The zero-order valence-electron chi connectivity index (χ0n) is 7.12. The standard InChI is InChI=1S/C4H10.C2H5NO.3ClH/c1-3-4-2;1-2(3)4;;;/h3-4H2,1-2H3;1H3,(H2,3,4);3*1H. The van der Waals surface area contributed by atoms with E-state index >= 15 is 0 Å². The molecule has 0 aliphatic heterocycles. The summed E-state index contributed by atoms with van der Waals surface area (Å²) < 4.78 is 0. The third kappa shape index (κ3) is 401. The van der Waals surface area contributed by atoms with Crippen LogP contribution in [0, 0.1) is 0 Å². The maximum atomic E-state index is 9.22. The predicted molar refractivity (Wildman–Crippen MR) is 57.2 cm³/mol. The Hall–Kier alpha value is 0.340. The highest BCUT2D eigenvalue weighted by molar-refractivity contribution is 5.86. The molecule has 1 amide bonds. The summed E-state index contributed by atoms with van der Waals surface area (Å²) in [4.78, 5) is 9.22. The van der Waals surface area contributed by atoms with Crippen LogP contribution in [0.4, 0.5) is 0 Å². The number of hydrogen-bond acceptors (Lipinski definition) is 1. The maximum Gasteiger partial charge on any atom is 0.214 e. The highest BCUT2D eigenvalue weighted by Crippen LogP contribution is 1.76. The molecule has 74 valence electrons. The molecule has 5 heteroatoms. The van der Waals surface area contributed by atoms with Gasteiger partial charge in [0, 0.05) is 6.92 Å². The van der Waals surface area contributed by atoms with Crippen LogP contribution in [0.5, 0.6) is 0 Å². The molecule has 0 aliphatic carbocycles. The van der Waals surface area contributed by atoms with Gasteiger partial charge in [-0.15, -0.1) is 37.2 Å². The molecule has 0 fully saturated rings. The van der Waals surface area contributed by atoms with Gasteiger partial charge in [0.05, 0.1) is 0 Å². The third-order valence-corrected chi connectivity index (χ3v) is 0.500. The van der Waals surface area contributed by atoms with Crippen molar-refractivity contribution in [2.45, 2.75) is 33.6 Å². The molecule has 0 saturated carbocycles. The van der Waals surface area contributed by atoms with E-state index in [-0.39, 0.29) is 43.1 Å². The van der Waals surface area contributed by atoms with Crippen molar-refractivity contribution in [1.82, 2.24) is 0 Å². The van der Waals surface area contributed by atoms with Gasteiger partial charge in [-0.05, 0) is 0 Å². The molecule has 0 atom stereocenters. The first-order chi connectivity index (χ1) is 3.65. The first kappa shape index (κ1) is 30.2. The van der Waals surface area contributed by atoms with Crippen LogP contribution < -0.4 is 5.73 Å². The fourth-order valence-corrected chi connectivity index (χ4v) is 0. The van der Waals surface area contributed by atoms with Crippen molar-refractivity contribution in [2.24, 2.45) is 5.73 Å². The molecule has 0 aliphatic rings. The van der Waals surface area contributed by atoms with E-state index in [0.717, 1.165) is 0 Å². The van der Waals surface area contributed by atoms with Crippen LogP contribution >= 0.6 is 37.2 Å². The fraction of sp³-hybridized carbons (Fsp3) is 0.833. The molecular weight excluding hydrogens is 208 g/mol. The normalized spacial score (nSPS) is 5.00. The summed E-state index contributed by atoms with van der Waals surface area (Å²) >= 11 is 0. The number of amides is 1. The average molecular weight is 227 g/mol. The molecule has 0 spiro atoms. The van der Waals surface area contributed by atoms with Gasteiger partial charge in [0.1, 0.15) is 0 Å². The monoisotopic (exact) mass is 225 g/mol. The van der Waals surface area contributed by atoms with Gasteiger partial charge in [-0.3, -0.25) is 4.79 Å². The Labute approximate surface area is 87.5 Å².